The maximum Gasteiger partial charge on any atom is 0.200 e. The predicted octanol–water partition coefficient (Wildman–Crippen LogP) is 0.629. The Hall–Kier alpha value is -1.20. The molecule has 0 saturated heterocycles. The lowest BCUT2D eigenvalue weighted by Gasteiger charge is -2.09. The molecule has 1 aromatic rings. The van der Waals surface area contributed by atoms with Crippen LogP contribution in [0.15, 0.2) is 12.1 Å². The first-order chi connectivity index (χ1) is 6.06. The third-order valence-corrected chi connectivity index (χ3v) is 1.71. The lowest BCUT2D eigenvalue weighted by molar-refractivity contribution is 0.405. The van der Waals surface area contributed by atoms with Gasteiger partial charge < -0.3 is 16.6 Å². The normalized spacial score (nSPS) is 12.9. The second-order valence-corrected chi connectivity index (χ2v) is 2.68. The van der Waals surface area contributed by atoms with Crippen LogP contribution in [0.1, 0.15) is 11.6 Å². The van der Waals surface area contributed by atoms with Crippen LogP contribution in [0.25, 0.3) is 0 Å². The van der Waals surface area contributed by atoms with Gasteiger partial charge in [0.1, 0.15) is 0 Å². The Bertz CT molecular complexity index is 294. The van der Waals surface area contributed by atoms with Gasteiger partial charge in [-0.2, -0.15) is 4.39 Å². The van der Waals surface area contributed by atoms with Crippen molar-refractivity contribution in [2.24, 2.45) is 11.5 Å². The second-order valence-electron chi connectivity index (χ2n) is 2.68. The topological polar surface area (TPSA) is 72.3 Å². The molecule has 0 bridgehead atoms. The Balaban J connectivity index is 3.13. The van der Waals surface area contributed by atoms with Crippen LogP contribution in [0.4, 0.5) is 8.78 Å². The molecule has 72 valence electrons. The number of nitrogens with two attached hydrogens (primary N) is 2. The van der Waals surface area contributed by atoms with Gasteiger partial charge >= 0.3 is 0 Å². The van der Waals surface area contributed by atoms with Gasteiger partial charge in [0.2, 0.25) is 0 Å². The highest BCUT2D eigenvalue weighted by Crippen LogP contribution is 2.23. The summed E-state index contributed by atoms with van der Waals surface area (Å²) in [5, 5.41) is 8.91. The maximum absolute atomic E-state index is 12.7. The van der Waals surface area contributed by atoms with E-state index >= 15 is 0 Å². The van der Waals surface area contributed by atoms with Crippen molar-refractivity contribution in [3.05, 3.63) is 29.3 Å². The second kappa shape index (κ2) is 3.68. The van der Waals surface area contributed by atoms with Gasteiger partial charge in [-0.15, -0.1) is 0 Å². The average Bonchev–Trinajstić information content (AvgIpc) is 2.12. The summed E-state index contributed by atoms with van der Waals surface area (Å²) in [5.74, 6) is -3.15. The molecule has 0 aromatic heterocycles. The predicted molar refractivity (Wildman–Crippen MR) is 44.0 cm³/mol. The van der Waals surface area contributed by atoms with E-state index in [1.165, 1.54) is 0 Å². The lowest BCUT2D eigenvalue weighted by atomic mass is 10.1. The van der Waals surface area contributed by atoms with Crippen molar-refractivity contribution in [1.29, 1.82) is 0 Å². The van der Waals surface area contributed by atoms with Gasteiger partial charge in [-0.3, -0.25) is 0 Å². The van der Waals surface area contributed by atoms with Crippen molar-refractivity contribution in [1.82, 2.24) is 0 Å². The quantitative estimate of drug-likeness (QED) is 0.637. The summed E-state index contributed by atoms with van der Waals surface area (Å²) in [6, 6.07) is 1.39. The molecule has 0 aliphatic rings. The molecule has 1 atom stereocenters. The van der Waals surface area contributed by atoms with Crippen LogP contribution in [0, 0.1) is 11.6 Å². The number of phenolic OH excluding ortho intramolecular Hbond substituents is 1. The molecule has 1 aromatic carbocycles. The van der Waals surface area contributed by atoms with E-state index in [0.29, 0.717) is 0 Å². The fourth-order valence-corrected chi connectivity index (χ4v) is 0.945. The summed E-state index contributed by atoms with van der Waals surface area (Å²) in [6.45, 7) is 0.102. The standard InChI is InChI=1S/C8H10F2N2O/c9-5-1-4(6(12)3-11)2-7(13)8(5)10/h1-2,6,13H,3,11-12H2. The first-order valence-electron chi connectivity index (χ1n) is 3.69. The Morgan fingerprint density at radius 3 is 2.46 bits per heavy atom. The highest BCUT2D eigenvalue weighted by Gasteiger charge is 2.12. The minimum absolute atomic E-state index is 0.102. The van der Waals surface area contributed by atoms with Crippen LogP contribution in [0.3, 0.4) is 0 Å². The van der Waals surface area contributed by atoms with Crippen molar-refractivity contribution in [3.8, 4) is 5.75 Å². The van der Waals surface area contributed by atoms with Crippen molar-refractivity contribution in [2.45, 2.75) is 6.04 Å². The van der Waals surface area contributed by atoms with E-state index in [4.69, 9.17) is 16.6 Å². The van der Waals surface area contributed by atoms with Crippen LogP contribution in [-0.4, -0.2) is 11.7 Å². The first-order valence-corrected chi connectivity index (χ1v) is 3.69. The molecule has 1 rings (SSSR count). The zero-order chi connectivity index (χ0) is 10.0. The summed E-state index contributed by atoms with van der Waals surface area (Å²) in [4.78, 5) is 0. The van der Waals surface area contributed by atoms with Crippen LogP contribution in [0.5, 0.6) is 5.75 Å². The fraction of sp³-hybridized carbons (Fsp3) is 0.250. The third-order valence-electron chi connectivity index (χ3n) is 1.71. The molecule has 0 spiro atoms. The number of aromatic hydroxyl groups is 1. The van der Waals surface area contributed by atoms with E-state index in [-0.39, 0.29) is 12.1 Å². The average molecular weight is 188 g/mol. The fourth-order valence-electron chi connectivity index (χ4n) is 0.945. The van der Waals surface area contributed by atoms with Gasteiger partial charge in [-0.25, -0.2) is 4.39 Å². The molecule has 5 heteroatoms. The monoisotopic (exact) mass is 188 g/mol. The van der Waals surface area contributed by atoms with Crippen molar-refractivity contribution < 1.29 is 13.9 Å². The zero-order valence-corrected chi connectivity index (χ0v) is 6.80. The van der Waals surface area contributed by atoms with Crippen LogP contribution < -0.4 is 11.5 Å². The summed E-state index contributed by atoms with van der Waals surface area (Å²) >= 11 is 0. The third kappa shape index (κ3) is 1.93. The molecule has 0 aliphatic heterocycles. The minimum Gasteiger partial charge on any atom is -0.505 e. The molecular formula is C8H10F2N2O. The SMILES string of the molecule is NCC(N)c1cc(O)c(F)c(F)c1. The molecule has 0 fully saturated rings. The minimum atomic E-state index is -1.27. The molecule has 0 amide bonds. The van der Waals surface area contributed by atoms with Crippen LogP contribution in [-0.2, 0) is 0 Å². The number of rotatable bonds is 2. The van der Waals surface area contributed by atoms with E-state index < -0.39 is 23.4 Å². The maximum atomic E-state index is 12.7. The highest BCUT2D eigenvalue weighted by atomic mass is 19.2. The van der Waals surface area contributed by atoms with Gasteiger partial charge in [-0.05, 0) is 17.7 Å². The molecule has 0 aliphatic carbocycles. The molecule has 0 heterocycles. The van der Waals surface area contributed by atoms with E-state index in [1.807, 2.05) is 0 Å². The Labute approximate surface area is 74.0 Å². The largest absolute Gasteiger partial charge is 0.505 e. The number of hydrogen-bond acceptors (Lipinski definition) is 3. The van der Waals surface area contributed by atoms with Gasteiger partial charge in [0.05, 0.1) is 0 Å². The van der Waals surface area contributed by atoms with Gasteiger partial charge in [-0.1, -0.05) is 0 Å². The molecule has 5 N–H and O–H groups in total. The summed E-state index contributed by atoms with van der Waals surface area (Å²) < 4.78 is 25.3. The van der Waals surface area contributed by atoms with Crippen LogP contribution >= 0.6 is 0 Å². The van der Waals surface area contributed by atoms with Crippen LogP contribution in [0.2, 0.25) is 0 Å². The summed E-state index contributed by atoms with van der Waals surface area (Å²) in [5.41, 5.74) is 11.0. The van der Waals surface area contributed by atoms with Gasteiger partial charge in [0.15, 0.2) is 17.4 Å². The molecule has 0 saturated carbocycles. The first kappa shape index (κ1) is 9.88. The van der Waals surface area contributed by atoms with Crippen molar-refractivity contribution in [2.75, 3.05) is 6.54 Å². The number of halogens is 2. The number of benzene rings is 1. The van der Waals surface area contributed by atoms with Gasteiger partial charge in [0, 0.05) is 12.6 Å². The molecule has 1 unspecified atom stereocenters. The Morgan fingerprint density at radius 1 is 1.38 bits per heavy atom. The van der Waals surface area contributed by atoms with E-state index in [9.17, 15) is 8.78 Å². The van der Waals surface area contributed by atoms with E-state index in [2.05, 4.69) is 0 Å². The summed E-state index contributed by atoms with van der Waals surface area (Å²) in [6.07, 6.45) is 0. The molecule has 13 heavy (non-hydrogen) atoms. The molecule has 0 radical (unpaired) electrons. The van der Waals surface area contributed by atoms with Crippen molar-refractivity contribution in [3.63, 3.8) is 0 Å². The highest BCUT2D eigenvalue weighted by molar-refractivity contribution is 5.32. The Kier molecular flexibility index (Phi) is 2.79. The Morgan fingerprint density at radius 2 is 2.00 bits per heavy atom. The van der Waals surface area contributed by atoms with Crippen molar-refractivity contribution >= 4 is 0 Å². The number of hydrogen-bond donors (Lipinski definition) is 3. The number of phenols is 1. The summed E-state index contributed by atoms with van der Waals surface area (Å²) in [7, 11) is 0. The van der Waals surface area contributed by atoms with Gasteiger partial charge in [0.25, 0.3) is 0 Å². The molecule has 3 nitrogen and oxygen atoms in total. The van der Waals surface area contributed by atoms with E-state index in [1.54, 1.807) is 0 Å². The molecular weight excluding hydrogens is 178 g/mol. The lowest BCUT2D eigenvalue weighted by Crippen LogP contribution is -2.20. The van der Waals surface area contributed by atoms with E-state index in [0.717, 1.165) is 12.1 Å². The smallest absolute Gasteiger partial charge is 0.200 e. The zero-order valence-electron chi connectivity index (χ0n) is 6.80.